The van der Waals surface area contributed by atoms with Gasteiger partial charge in [0.25, 0.3) is 0 Å². The van der Waals surface area contributed by atoms with Gasteiger partial charge in [0.1, 0.15) is 5.69 Å². The second-order valence-electron chi connectivity index (χ2n) is 2.73. The van der Waals surface area contributed by atoms with E-state index in [-0.39, 0.29) is 0 Å². The molecule has 0 bridgehead atoms. The van der Waals surface area contributed by atoms with E-state index >= 15 is 0 Å². The number of hydrogen-bond acceptors (Lipinski definition) is 2. The van der Waals surface area contributed by atoms with Gasteiger partial charge in [0.05, 0.1) is 5.69 Å². The molecule has 0 radical (unpaired) electrons. The number of aromatic nitrogens is 2. The first-order valence-corrected chi connectivity index (χ1v) is 3.53. The summed E-state index contributed by atoms with van der Waals surface area (Å²) >= 11 is 0. The number of hydrogen-bond donors (Lipinski definition) is 0. The lowest BCUT2D eigenvalue weighted by molar-refractivity contribution is -0.681. The third kappa shape index (κ3) is 0.650. The van der Waals surface area contributed by atoms with Gasteiger partial charge in [-0.15, -0.1) is 9.36 Å². The number of fused-ring (bicyclic) bond motifs is 1. The van der Waals surface area contributed by atoms with Crippen molar-refractivity contribution in [1.29, 1.82) is 0 Å². The van der Waals surface area contributed by atoms with Gasteiger partial charge < -0.3 is 5.11 Å². The van der Waals surface area contributed by atoms with Gasteiger partial charge in [0, 0.05) is 18.0 Å². The van der Waals surface area contributed by atoms with Gasteiger partial charge in [0.15, 0.2) is 0 Å². The molecule has 1 amide bonds. The van der Waals surface area contributed by atoms with Crippen LogP contribution >= 0.6 is 0 Å². The van der Waals surface area contributed by atoms with E-state index in [1.54, 1.807) is 19.9 Å². The van der Waals surface area contributed by atoms with Crippen LogP contribution in [0.4, 0.5) is 4.79 Å². The van der Waals surface area contributed by atoms with E-state index in [2.05, 4.69) is 4.99 Å². The fraction of sp³-hybridized carbons (Fsp3) is 0.286. The lowest BCUT2D eigenvalue weighted by Crippen LogP contribution is -2.55. The van der Waals surface area contributed by atoms with Crippen LogP contribution in [0.15, 0.2) is 11.1 Å². The summed E-state index contributed by atoms with van der Waals surface area (Å²) in [6.07, 6.45) is 0. The maximum atomic E-state index is 11.1. The van der Waals surface area contributed by atoms with E-state index in [4.69, 9.17) is 0 Å². The Bertz CT molecular complexity index is 403. The Balaban J connectivity index is 2.79. The molecule has 0 saturated carbocycles. The maximum Gasteiger partial charge on any atom is 0.492 e. The fourth-order valence-electron chi connectivity index (χ4n) is 1.39. The van der Waals surface area contributed by atoms with Gasteiger partial charge in [-0.2, -0.15) is 0 Å². The minimum absolute atomic E-state index is 0.509. The molecule has 0 saturated heterocycles. The third-order valence-corrected chi connectivity index (χ3v) is 1.84. The van der Waals surface area contributed by atoms with Crippen molar-refractivity contribution in [2.24, 2.45) is 4.99 Å². The second-order valence-corrected chi connectivity index (χ2v) is 2.73. The lowest BCUT2D eigenvalue weighted by Gasteiger charge is -1.96. The quantitative estimate of drug-likeness (QED) is 0.460. The molecule has 0 atom stereocenters. The summed E-state index contributed by atoms with van der Waals surface area (Å²) in [6, 6.07) is 0.751. The zero-order chi connectivity index (χ0) is 8.88. The van der Waals surface area contributed by atoms with E-state index in [1.165, 1.54) is 9.36 Å². The molecule has 0 aliphatic carbocycles. The van der Waals surface area contributed by atoms with Crippen LogP contribution in [-0.2, 0) is 0 Å². The molecular formula is C7H7N3O2. The Morgan fingerprint density at radius 2 is 2.25 bits per heavy atom. The standard InChI is InChI=1S/C7H7N3O2/c1-4-3-5(2)10-7(12)8-6(11)9(4)10/h3H,1-2H3. The van der Waals surface area contributed by atoms with Crippen LogP contribution in [-0.4, -0.2) is 16.7 Å². The van der Waals surface area contributed by atoms with Gasteiger partial charge in [-0.05, 0) is 6.92 Å². The molecule has 12 heavy (non-hydrogen) atoms. The predicted octanol–water partition coefficient (Wildman–Crippen LogP) is -1.06. The van der Waals surface area contributed by atoms with Crippen molar-refractivity contribution < 1.29 is 14.6 Å². The van der Waals surface area contributed by atoms with Crippen LogP contribution in [0.1, 0.15) is 11.4 Å². The van der Waals surface area contributed by atoms with Crippen molar-refractivity contribution in [1.82, 2.24) is 4.68 Å². The Kier molecular flexibility index (Phi) is 1.13. The first-order chi connectivity index (χ1) is 5.61. The molecule has 2 rings (SSSR count). The van der Waals surface area contributed by atoms with E-state index in [0.29, 0.717) is 0 Å². The minimum Gasteiger partial charge on any atom is -0.805 e. The van der Waals surface area contributed by atoms with Crippen molar-refractivity contribution >= 4 is 12.1 Å². The molecular weight excluding hydrogens is 158 g/mol. The predicted molar refractivity (Wildman–Crippen MR) is 37.7 cm³/mol. The van der Waals surface area contributed by atoms with E-state index in [9.17, 15) is 9.90 Å². The molecule has 0 aromatic carbocycles. The van der Waals surface area contributed by atoms with Crippen LogP contribution in [0.2, 0.25) is 0 Å². The van der Waals surface area contributed by atoms with Crippen molar-refractivity contribution in [2.75, 3.05) is 0 Å². The van der Waals surface area contributed by atoms with Crippen molar-refractivity contribution in [3.63, 3.8) is 0 Å². The summed E-state index contributed by atoms with van der Waals surface area (Å²) < 4.78 is 2.52. The summed E-state index contributed by atoms with van der Waals surface area (Å²) in [4.78, 5) is 14.4. The number of rotatable bonds is 0. The Morgan fingerprint density at radius 3 is 2.83 bits per heavy atom. The van der Waals surface area contributed by atoms with Crippen LogP contribution in [0.5, 0.6) is 0 Å². The first-order valence-electron chi connectivity index (χ1n) is 3.53. The molecule has 1 aromatic rings. The molecule has 0 N–H and O–H groups in total. The molecule has 0 spiro atoms. The topological polar surface area (TPSA) is 61.3 Å². The molecule has 5 heteroatoms. The van der Waals surface area contributed by atoms with Crippen LogP contribution < -0.4 is 9.79 Å². The largest absolute Gasteiger partial charge is 0.805 e. The molecule has 62 valence electrons. The monoisotopic (exact) mass is 165 g/mol. The van der Waals surface area contributed by atoms with Gasteiger partial charge in [-0.25, -0.2) is 4.79 Å². The lowest BCUT2D eigenvalue weighted by atomic mass is 10.4. The minimum atomic E-state index is -0.509. The number of aryl methyl sites for hydroxylation is 2. The van der Waals surface area contributed by atoms with E-state index < -0.39 is 12.1 Å². The Hall–Kier alpha value is -1.65. The highest BCUT2D eigenvalue weighted by Crippen LogP contribution is 2.03. The number of carbonyl (C=O) groups excluding carboxylic acids is 1. The maximum absolute atomic E-state index is 11.1. The highest BCUT2D eigenvalue weighted by atomic mass is 16.3. The zero-order valence-corrected chi connectivity index (χ0v) is 6.74. The van der Waals surface area contributed by atoms with E-state index in [0.717, 1.165) is 11.4 Å². The number of carbonyl (C=O) groups is 1. The number of aliphatic imine (C=N–C) groups is 1. The molecule has 0 unspecified atom stereocenters. The second kappa shape index (κ2) is 1.94. The van der Waals surface area contributed by atoms with Gasteiger partial charge in [-0.3, -0.25) is 0 Å². The highest BCUT2D eigenvalue weighted by molar-refractivity contribution is 5.88. The average Bonchev–Trinajstić information content (AvgIpc) is 2.38. The third-order valence-electron chi connectivity index (χ3n) is 1.84. The summed E-state index contributed by atoms with van der Waals surface area (Å²) in [6.45, 7) is 3.52. The zero-order valence-electron chi connectivity index (χ0n) is 6.74. The summed E-state index contributed by atoms with van der Waals surface area (Å²) in [5.41, 5.74) is 1.46. The summed E-state index contributed by atoms with van der Waals surface area (Å²) in [5.74, 6) is 0. The van der Waals surface area contributed by atoms with Crippen LogP contribution in [0.3, 0.4) is 0 Å². The Labute approximate surface area is 68.6 Å². The van der Waals surface area contributed by atoms with Crippen LogP contribution in [0.25, 0.3) is 0 Å². The van der Waals surface area contributed by atoms with Crippen molar-refractivity contribution in [2.45, 2.75) is 13.8 Å². The molecule has 1 aromatic heterocycles. The molecule has 1 aliphatic heterocycles. The molecule has 0 fully saturated rings. The first kappa shape index (κ1) is 7.02. The SMILES string of the molecule is Cc1cc(C)[n+]2n1C(=O)N=C2[O-]. The van der Waals surface area contributed by atoms with E-state index in [1.807, 2.05) is 0 Å². The molecule has 5 nitrogen and oxygen atoms in total. The number of nitrogens with zero attached hydrogens (tertiary/aromatic N) is 3. The molecule has 2 heterocycles. The van der Waals surface area contributed by atoms with Crippen molar-refractivity contribution in [3.8, 4) is 0 Å². The smallest absolute Gasteiger partial charge is 0.492 e. The highest BCUT2D eigenvalue weighted by Gasteiger charge is 2.30. The van der Waals surface area contributed by atoms with Gasteiger partial charge >= 0.3 is 12.1 Å². The van der Waals surface area contributed by atoms with Crippen molar-refractivity contribution in [3.05, 3.63) is 17.5 Å². The van der Waals surface area contributed by atoms with Gasteiger partial charge in [-0.1, -0.05) is 0 Å². The fourth-order valence-corrected chi connectivity index (χ4v) is 1.39. The normalized spacial score (nSPS) is 14.8. The number of amides is 1. The summed E-state index contributed by atoms with van der Waals surface area (Å²) in [7, 11) is 0. The summed E-state index contributed by atoms with van der Waals surface area (Å²) in [5, 5.41) is 11.1. The Morgan fingerprint density at radius 1 is 1.58 bits per heavy atom. The average molecular weight is 165 g/mol. The van der Waals surface area contributed by atoms with Gasteiger partial charge in [0.2, 0.25) is 0 Å². The molecule has 1 aliphatic rings. The van der Waals surface area contributed by atoms with Crippen LogP contribution in [0, 0.1) is 13.8 Å².